The van der Waals surface area contributed by atoms with Gasteiger partial charge in [-0.25, -0.2) is 9.98 Å². The Morgan fingerprint density at radius 3 is 2.59 bits per heavy atom. The summed E-state index contributed by atoms with van der Waals surface area (Å²) < 4.78 is 47.6. The second-order valence-corrected chi connectivity index (χ2v) is 5.81. The number of hydrogen-bond acceptors (Lipinski definition) is 4. The first-order valence-electron chi connectivity index (χ1n) is 8.51. The molecule has 0 radical (unpaired) electrons. The van der Waals surface area contributed by atoms with Gasteiger partial charge in [-0.3, -0.25) is 0 Å². The molecular formula is C18H23F3N4O2. The highest BCUT2D eigenvalue weighted by Crippen LogP contribution is 2.22. The molecule has 0 aliphatic carbocycles. The number of halogens is 3. The number of aryl methyl sites for hydroxylation is 2. The van der Waals surface area contributed by atoms with Crippen molar-refractivity contribution >= 4 is 5.96 Å². The van der Waals surface area contributed by atoms with Gasteiger partial charge in [0.1, 0.15) is 11.5 Å². The molecule has 0 fully saturated rings. The normalized spacial score (nSPS) is 12.1. The van der Waals surface area contributed by atoms with E-state index < -0.39 is 12.8 Å². The second-order valence-electron chi connectivity index (χ2n) is 5.81. The van der Waals surface area contributed by atoms with Crippen LogP contribution < -0.4 is 15.4 Å². The molecule has 6 nitrogen and oxygen atoms in total. The zero-order valence-electron chi connectivity index (χ0n) is 15.5. The molecule has 9 heteroatoms. The predicted octanol–water partition coefficient (Wildman–Crippen LogP) is 3.49. The minimum Gasteiger partial charge on any atom is -0.484 e. The van der Waals surface area contributed by atoms with Crippen molar-refractivity contribution in [3.8, 4) is 5.75 Å². The van der Waals surface area contributed by atoms with Gasteiger partial charge in [-0.05, 0) is 26.8 Å². The van der Waals surface area contributed by atoms with Crippen LogP contribution in [-0.2, 0) is 13.1 Å². The fraction of sp³-hybridized carbons (Fsp3) is 0.444. The number of alkyl halides is 3. The smallest absolute Gasteiger partial charge is 0.422 e. The molecule has 148 valence electrons. The zero-order chi connectivity index (χ0) is 19.9. The maximum atomic E-state index is 12.4. The summed E-state index contributed by atoms with van der Waals surface area (Å²) in [7, 11) is 0. The first kappa shape index (κ1) is 20.6. The lowest BCUT2D eigenvalue weighted by Gasteiger charge is -2.13. The van der Waals surface area contributed by atoms with E-state index in [2.05, 4.69) is 20.6 Å². The summed E-state index contributed by atoms with van der Waals surface area (Å²) in [5.74, 6) is 1.94. The van der Waals surface area contributed by atoms with Gasteiger partial charge in [0.05, 0.1) is 18.8 Å². The molecule has 1 aromatic heterocycles. The Bertz CT molecular complexity index is 753. The lowest BCUT2D eigenvalue weighted by Crippen LogP contribution is -2.36. The fourth-order valence-corrected chi connectivity index (χ4v) is 2.21. The van der Waals surface area contributed by atoms with Crippen molar-refractivity contribution in [2.45, 2.75) is 40.0 Å². The maximum Gasteiger partial charge on any atom is 0.422 e. The molecule has 1 aromatic carbocycles. The summed E-state index contributed by atoms with van der Waals surface area (Å²) >= 11 is 0. The molecule has 1 heterocycles. The van der Waals surface area contributed by atoms with Gasteiger partial charge in [0.25, 0.3) is 0 Å². The number of para-hydroxylation sites is 1. The van der Waals surface area contributed by atoms with Crippen molar-refractivity contribution in [1.82, 2.24) is 15.6 Å². The van der Waals surface area contributed by atoms with Crippen LogP contribution in [0.1, 0.15) is 29.8 Å². The maximum absolute atomic E-state index is 12.4. The lowest BCUT2D eigenvalue weighted by molar-refractivity contribution is -0.153. The molecule has 2 rings (SSSR count). The Labute approximate surface area is 155 Å². The summed E-state index contributed by atoms with van der Waals surface area (Å²) in [5, 5.41) is 6.15. The van der Waals surface area contributed by atoms with Gasteiger partial charge in [0.15, 0.2) is 12.6 Å². The van der Waals surface area contributed by atoms with Crippen molar-refractivity contribution in [1.29, 1.82) is 0 Å². The van der Waals surface area contributed by atoms with Crippen LogP contribution in [0.3, 0.4) is 0 Å². The predicted molar refractivity (Wildman–Crippen MR) is 95.6 cm³/mol. The van der Waals surface area contributed by atoms with Gasteiger partial charge in [-0.15, -0.1) is 0 Å². The van der Waals surface area contributed by atoms with E-state index in [0.717, 1.165) is 11.5 Å². The van der Waals surface area contributed by atoms with Gasteiger partial charge in [-0.1, -0.05) is 18.2 Å². The van der Waals surface area contributed by atoms with E-state index in [1.54, 1.807) is 18.2 Å². The summed E-state index contributed by atoms with van der Waals surface area (Å²) in [6.07, 6.45) is -4.39. The van der Waals surface area contributed by atoms with Crippen LogP contribution in [0, 0.1) is 13.8 Å². The Balaban J connectivity index is 2.03. The van der Waals surface area contributed by atoms with E-state index in [1.807, 2.05) is 20.8 Å². The van der Waals surface area contributed by atoms with Crippen LogP contribution in [0.5, 0.6) is 5.75 Å². The SMILES string of the molecule is CCNC(=NCc1ccccc1OCC(F)(F)F)NCc1nc(C)c(C)o1. The molecule has 0 atom stereocenters. The number of aromatic nitrogens is 1. The Hall–Kier alpha value is -2.71. The first-order valence-corrected chi connectivity index (χ1v) is 8.51. The lowest BCUT2D eigenvalue weighted by atomic mass is 10.2. The van der Waals surface area contributed by atoms with Gasteiger partial charge in [-0.2, -0.15) is 13.2 Å². The fourth-order valence-electron chi connectivity index (χ4n) is 2.21. The third-order valence-corrected chi connectivity index (χ3v) is 3.60. The summed E-state index contributed by atoms with van der Waals surface area (Å²) in [5.41, 5.74) is 1.38. The molecule has 2 N–H and O–H groups in total. The molecule has 0 unspecified atom stereocenters. The molecule has 2 aromatic rings. The average Bonchev–Trinajstić information content (AvgIpc) is 2.93. The summed E-state index contributed by atoms with van der Waals surface area (Å²) in [4.78, 5) is 8.68. The molecule has 0 spiro atoms. The number of benzene rings is 1. The largest absolute Gasteiger partial charge is 0.484 e. The topological polar surface area (TPSA) is 71.7 Å². The number of nitrogens with zero attached hydrogens (tertiary/aromatic N) is 2. The van der Waals surface area contributed by atoms with E-state index in [-0.39, 0.29) is 12.3 Å². The number of guanidine groups is 1. The van der Waals surface area contributed by atoms with Crippen molar-refractivity contribution in [3.05, 3.63) is 47.2 Å². The van der Waals surface area contributed by atoms with Gasteiger partial charge in [0, 0.05) is 12.1 Å². The standard InChI is InChI=1S/C18H23F3N4O2/c1-4-22-17(24-10-16-25-12(2)13(3)27-16)23-9-14-7-5-6-8-15(14)26-11-18(19,20)21/h5-8H,4,9-11H2,1-3H3,(H2,22,23,24). The molecule has 0 aliphatic heterocycles. The van der Waals surface area contributed by atoms with Crippen LogP contribution in [0.25, 0.3) is 0 Å². The molecule has 0 saturated heterocycles. The number of oxazole rings is 1. The minimum atomic E-state index is -4.39. The van der Waals surface area contributed by atoms with Crippen molar-refractivity contribution in [2.24, 2.45) is 4.99 Å². The van der Waals surface area contributed by atoms with Crippen LogP contribution in [0.2, 0.25) is 0 Å². The van der Waals surface area contributed by atoms with E-state index in [0.29, 0.717) is 30.5 Å². The highest BCUT2D eigenvalue weighted by Gasteiger charge is 2.28. The molecule has 0 bridgehead atoms. The first-order chi connectivity index (χ1) is 12.8. The Morgan fingerprint density at radius 1 is 1.22 bits per heavy atom. The van der Waals surface area contributed by atoms with Crippen LogP contribution in [0.4, 0.5) is 13.2 Å². The van der Waals surface area contributed by atoms with E-state index >= 15 is 0 Å². The molecule has 27 heavy (non-hydrogen) atoms. The van der Waals surface area contributed by atoms with Gasteiger partial charge >= 0.3 is 6.18 Å². The van der Waals surface area contributed by atoms with Crippen LogP contribution >= 0.6 is 0 Å². The highest BCUT2D eigenvalue weighted by molar-refractivity contribution is 5.79. The Morgan fingerprint density at radius 2 is 1.96 bits per heavy atom. The monoisotopic (exact) mass is 384 g/mol. The quantitative estimate of drug-likeness (QED) is 0.565. The van der Waals surface area contributed by atoms with E-state index in [1.165, 1.54) is 6.07 Å². The van der Waals surface area contributed by atoms with Crippen molar-refractivity contribution in [3.63, 3.8) is 0 Å². The second kappa shape index (κ2) is 9.29. The van der Waals surface area contributed by atoms with Crippen LogP contribution in [0.15, 0.2) is 33.7 Å². The number of aliphatic imine (C=N–C) groups is 1. The average molecular weight is 384 g/mol. The van der Waals surface area contributed by atoms with E-state index in [9.17, 15) is 13.2 Å². The van der Waals surface area contributed by atoms with Crippen molar-refractivity contribution < 1.29 is 22.3 Å². The van der Waals surface area contributed by atoms with Crippen molar-refractivity contribution in [2.75, 3.05) is 13.2 Å². The third kappa shape index (κ3) is 6.84. The Kier molecular flexibility index (Phi) is 7.09. The summed E-state index contributed by atoms with van der Waals surface area (Å²) in [6.45, 7) is 5.40. The van der Waals surface area contributed by atoms with Crippen LogP contribution in [-0.4, -0.2) is 30.3 Å². The summed E-state index contributed by atoms with van der Waals surface area (Å²) in [6, 6.07) is 6.52. The minimum absolute atomic E-state index is 0.160. The van der Waals surface area contributed by atoms with Gasteiger partial charge in [0.2, 0.25) is 5.89 Å². The molecule has 0 saturated carbocycles. The third-order valence-electron chi connectivity index (χ3n) is 3.60. The van der Waals surface area contributed by atoms with Gasteiger partial charge < -0.3 is 19.8 Å². The molecular weight excluding hydrogens is 361 g/mol. The van der Waals surface area contributed by atoms with E-state index in [4.69, 9.17) is 9.15 Å². The molecule has 0 amide bonds. The number of ether oxygens (including phenoxy) is 1. The highest BCUT2D eigenvalue weighted by atomic mass is 19.4. The molecule has 0 aliphatic rings. The number of rotatable bonds is 7. The number of nitrogens with one attached hydrogen (secondary N) is 2. The zero-order valence-corrected chi connectivity index (χ0v) is 15.5. The number of hydrogen-bond donors (Lipinski definition) is 2.